The molecule has 1 aromatic heterocycles. The standard InChI is InChI=1S/C20H19N3O2/c1-13-19-16(11-18(24)21-20(19)23-22-13)15-9-5-6-10-17(15)25-12-14-7-3-2-4-8-14/h2-10,16H,11-12H2,1H3,(H2,21,22,23,24)/t16-/m0/s1. The van der Waals surface area contributed by atoms with Crippen LogP contribution in [0.15, 0.2) is 54.6 Å². The fourth-order valence-electron chi connectivity index (χ4n) is 3.33. The fourth-order valence-corrected chi connectivity index (χ4v) is 3.33. The molecule has 0 unspecified atom stereocenters. The molecule has 0 radical (unpaired) electrons. The van der Waals surface area contributed by atoms with Crippen LogP contribution in [0.5, 0.6) is 5.75 Å². The van der Waals surface area contributed by atoms with Crippen LogP contribution in [0.4, 0.5) is 5.82 Å². The summed E-state index contributed by atoms with van der Waals surface area (Å²) in [4.78, 5) is 12.1. The summed E-state index contributed by atoms with van der Waals surface area (Å²) < 4.78 is 6.08. The summed E-state index contributed by atoms with van der Waals surface area (Å²) in [5, 5.41) is 10.0. The van der Waals surface area contributed by atoms with Crippen LogP contribution in [0, 0.1) is 6.92 Å². The molecule has 5 heteroatoms. The number of rotatable bonds is 4. The first-order valence-electron chi connectivity index (χ1n) is 8.32. The minimum Gasteiger partial charge on any atom is -0.489 e. The molecule has 5 nitrogen and oxygen atoms in total. The number of nitrogens with zero attached hydrogens (tertiary/aromatic N) is 1. The van der Waals surface area contributed by atoms with Crippen molar-refractivity contribution in [1.82, 2.24) is 10.2 Å². The smallest absolute Gasteiger partial charge is 0.226 e. The number of amides is 1. The molecule has 1 atom stereocenters. The molecule has 1 amide bonds. The van der Waals surface area contributed by atoms with E-state index in [9.17, 15) is 4.79 Å². The number of aryl methyl sites for hydroxylation is 1. The van der Waals surface area contributed by atoms with E-state index in [2.05, 4.69) is 15.5 Å². The molecule has 3 aromatic rings. The molecule has 2 N–H and O–H groups in total. The third-order valence-corrected chi connectivity index (χ3v) is 4.52. The monoisotopic (exact) mass is 333 g/mol. The zero-order valence-corrected chi connectivity index (χ0v) is 14.0. The van der Waals surface area contributed by atoms with Gasteiger partial charge in [0.15, 0.2) is 5.82 Å². The second-order valence-corrected chi connectivity index (χ2v) is 6.23. The van der Waals surface area contributed by atoms with Crippen molar-refractivity contribution in [1.29, 1.82) is 0 Å². The summed E-state index contributed by atoms with van der Waals surface area (Å²) in [6.07, 6.45) is 0.388. The number of hydrogen-bond donors (Lipinski definition) is 2. The van der Waals surface area contributed by atoms with E-state index in [0.29, 0.717) is 18.8 Å². The van der Waals surface area contributed by atoms with Crippen LogP contribution in [0.2, 0.25) is 0 Å². The van der Waals surface area contributed by atoms with Crippen molar-refractivity contribution in [3.05, 3.63) is 77.0 Å². The molecule has 2 aromatic carbocycles. The number of anilines is 1. The number of carbonyl (C=O) groups is 1. The number of nitrogens with one attached hydrogen (secondary N) is 2. The maximum absolute atomic E-state index is 12.1. The van der Waals surface area contributed by atoms with Gasteiger partial charge in [0, 0.05) is 29.2 Å². The van der Waals surface area contributed by atoms with Crippen molar-refractivity contribution in [3.63, 3.8) is 0 Å². The molecule has 1 aliphatic heterocycles. The Balaban J connectivity index is 1.67. The molecule has 1 aliphatic rings. The van der Waals surface area contributed by atoms with E-state index < -0.39 is 0 Å². The predicted molar refractivity (Wildman–Crippen MR) is 95.6 cm³/mol. The average Bonchev–Trinajstić information content (AvgIpc) is 3.01. The van der Waals surface area contributed by atoms with Gasteiger partial charge in [-0.3, -0.25) is 9.89 Å². The molecule has 0 fully saturated rings. The first-order chi connectivity index (χ1) is 12.2. The van der Waals surface area contributed by atoms with Crippen LogP contribution in [0.3, 0.4) is 0 Å². The van der Waals surface area contributed by atoms with E-state index in [0.717, 1.165) is 28.1 Å². The van der Waals surface area contributed by atoms with E-state index >= 15 is 0 Å². The lowest BCUT2D eigenvalue weighted by Crippen LogP contribution is -2.23. The summed E-state index contributed by atoms with van der Waals surface area (Å²) >= 11 is 0. The van der Waals surface area contributed by atoms with E-state index in [-0.39, 0.29) is 11.8 Å². The van der Waals surface area contributed by atoms with Gasteiger partial charge in [-0.1, -0.05) is 48.5 Å². The second-order valence-electron chi connectivity index (χ2n) is 6.23. The van der Waals surface area contributed by atoms with Crippen molar-refractivity contribution in [2.24, 2.45) is 0 Å². The van der Waals surface area contributed by atoms with Crippen LogP contribution < -0.4 is 10.1 Å². The summed E-state index contributed by atoms with van der Waals surface area (Å²) in [7, 11) is 0. The van der Waals surface area contributed by atoms with Crippen LogP contribution in [0.25, 0.3) is 0 Å². The maximum Gasteiger partial charge on any atom is 0.226 e. The Kier molecular flexibility index (Phi) is 3.98. The Morgan fingerprint density at radius 2 is 1.88 bits per heavy atom. The highest BCUT2D eigenvalue weighted by molar-refractivity contribution is 5.94. The largest absolute Gasteiger partial charge is 0.489 e. The first-order valence-corrected chi connectivity index (χ1v) is 8.32. The summed E-state index contributed by atoms with van der Waals surface area (Å²) in [6.45, 7) is 2.47. The fraction of sp³-hybridized carbons (Fsp3) is 0.200. The number of hydrogen-bond acceptors (Lipinski definition) is 3. The van der Waals surface area contributed by atoms with Gasteiger partial charge in [-0.15, -0.1) is 0 Å². The number of para-hydroxylation sites is 1. The second kappa shape index (κ2) is 6.43. The van der Waals surface area contributed by atoms with Crippen molar-refractivity contribution < 1.29 is 9.53 Å². The van der Waals surface area contributed by atoms with E-state index in [1.165, 1.54) is 0 Å². The summed E-state index contributed by atoms with van der Waals surface area (Å²) in [5.74, 6) is 1.34. The Hall–Kier alpha value is -3.08. The molecular weight excluding hydrogens is 314 g/mol. The lowest BCUT2D eigenvalue weighted by molar-refractivity contribution is -0.116. The Bertz CT molecular complexity index is 902. The third-order valence-electron chi connectivity index (χ3n) is 4.52. The summed E-state index contributed by atoms with van der Waals surface area (Å²) in [5.41, 5.74) is 4.13. The number of carbonyl (C=O) groups excluding carboxylic acids is 1. The molecule has 4 rings (SSSR count). The molecule has 0 saturated heterocycles. The predicted octanol–water partition coefficient (Wildman–Crippen LogP) is 3.77. The van der Waals surface area contributed by atoms with Gasteiger partial charge in [-0.05, 0) is 18.6 Å². The Labute approximate surface area is 146 Å². The number of H-pyrrole nitrogens is 1. The number of benzene rings is 2. The molecule has 0 bridgehead atoms. The van der Waals surface area contributed by atoms with Gasteiger partial charge in [0.2, 0.25) is 5.91 Å². The third kappa shape index (κ3) is 3.01. The SMILES string of the molecule is Cc1[nH]nc2c1[C@H](c1ccccc1OCc1ccccc1)CC(=O)N2. The van der Waals surface area contributed by atoms with Gasteiger partial charge in [0.25, 0.3) is 0 Å². The molecule has 126 valence electrons. The lowest BCUT2D eigenvalue weighted by Gasteiger charge is -2.24. The van der Waals surface area contributed by atoms with Gasteiger partial charge >= 0.3 is 0 Å². The first kappa shape index (κ1) is 15.4. The highest BCUT2D eigenvalue weighted by Gasteiger charge is 2.32. The Morgan fingerprint density at radius 1 is 1.12 bits per heavy atom. The van der Waals surface area contributed by atoms with Crippen molar-refractivity contribution in [3.8, 4) is 5.75 Å². The summed E-state index contributed by atoms with van der Waals surface area (Å²) in [6, 6.07) is 18.0. The number of ether oxygens (including phenoxy) is 1. The van der Waals surface area contributed by atoms with Gasteiger partial charge in [0.1, 0.15) is 12.4 Å². The van der Waals surface area contributed by atoms with E-state index in [4.69, 9.17) is 4.74 Å². The topological polar surface area (TPSA) is 67.0 Å². The zero-order chi connectivity index (χ0) is 17.2. The van der Waals surface area contributed by atoms with Gasteiger partial charge in [-0.2, -0.15) is 5.10 Å². The van der Waals surface area contributed by atoms with Gasteiger partial charge in [-0.25, -0.2) is 0 Å². The average molecular weight is 333 g/mol. The van der Waals surface area contributed by atoms with Crippen LogP contribution in [-0.4, -0.2) is 16.1 Å². The van der Waals surface area contributed by atoms with Crippen molar-refractivity contribution in [2.45, 2.75) is 25.9 Å². The molecule has 25 heavy (non-hydrogen) atoms. The van der Waals surface area contributed by atoms with Gasteiger partial charge < -0.3 is 10.1 Å². The van der Waals surface area contributed by atoms with Crippen LogP contribution in [-0.2, 0) is 11.4 Å². The quantitative estimate of drug-likeness (QED) is 0.764. The zero-order valence-electron chi connectivity index (χ0n) is 14.0. The van der Waals surface area contributed by atoms with Crippen molar-refractivity contribution >= 4 is 11.7 Å². The normalized spacial score (nSPS) is 16.2. The molecule has 0 saturated carbocycles. The molecule has 0 spiro atoms. The number of aromatic amines is 1. The highest BCUT2D eigenvalue weighted by atomic mass is 16.5. The Morgan fingerprint density at radius 3 is 2.72 bits per heavy atom. The lowest BCUT2D eigenvalue weighted by atomic mass is 9.85. The maximum atomic E-state index is 12.1. The number of aromatic nitrogens is 2. The van der Waals surface area contributed by atoms with Crippen LogP contribution in [0.1, 0.15) is 34.7 Å². The number of fused-ring (bicyclic) bond motifs is 1. The molecule has 0 aliphatic carbocycles. The molecule has 2 heterocycles. The highest BCUT2D eigenvalue weighted by Crippen LogP contribution is 2.41. The van der Waals surface area contributed by atoms with Crippen molar-refractivity contribution in [2.75, 3.05) is 5.32 Å². The van der Waals surface area contributed by atoms with Crippen LogP contribution >= 0.6 is 0 Å². The minimum absolute atomic E-state index is 0.0261. The molecular formula is C20H19N3O2. The minimum atomic E-state index is -0.0607. The van der Waals surface area contributed by atoms with Gasteiger partial charge in [0.05, 0.1) is 0 Å². The van der Waals surface area contributed by atoms with E-state index in [1.54, 1.807) is 0 Å². The van der Waals surface area contributed by atoms with E-state index in [1.807, 2.05) is 61.5 Å².